The molecule has 0 radical (unpaired) electrons. The summed E-state index contributed by atoms with van der Waals surface area (Å²) in [6.45, 7) is 0.629. The SMILES string of the molecule is N=C(N)c1nccnc1OCCC1CCC1. The van der Waals surface area contributed by atoms with Gasteiger partial charge in [0.15, 0.2) is 5.69 Å². The maximum absolute atomic E-state index is 7.34. The van der Waals surface area contributed by atoms with E-state index in [1.165, 1.54) is 25.5 Å². The van der Waals surface area contributed by atoms with Crippen LogP contribution in [0.2, 0.25) is 0 Å². The Morgan fingerprint density at radius 2 is 2.19 bits per heavy atom. The quantitative estimate of drug-likeness (QED) is 0.579. The van der Waals surface area contributed by atoms with Gasteiger partial charge in [-0.15, -0.1) is 0 Å². The van der Waals surface area contributed by atoms with Crippen LogP contribution in [0.3, 0.4) is 0 Å². The first kappa shape index (κ1) is 10.9. The Morgan fingerprint density at radius 1 is 1.44 bits per heavy atom. The average molecular weight is 220 g/mol. The molecule has 5 heteroatoms. The van der Waals surface area contributed by atoms with Gasteiger partial charge in [-0.2, -0.15) is 0 Å². The highest BCUT2D eigenvalue weighted by atomic mass is 16.5. The molecule has 0 bridgehead atoms. The van der Waals surface area contributed by atoms with E-state index in [-0.39, 0.29) is 5.84 Å². The summed E-state index contributed by atoms with van der Waals surface area (Å²) in [5.74, 6) is 1.07. The molecular weight excluding hydrogens is 204 g/mol. The van der Waals surface area contributed by atoms with Gasteiger partial charge in [0.2, 0.25) is 5.88 Å². The van der Waals surface area contributed by atoms with Gasteiger partial charge in [0.1, 0.15) is 5.84 Å². The predicted molar refractivity (Wildman–Crippen MR) is 60.5 cm³/mol. The van der Waals surface area contributed by atoms with Crippen molar-refractivity contribution < 1.29 is 4.74 Å². The van der Waals surface area contributed by atoms with Crippen molar-refractivity contribution in [2.45, 2.75) is 25.7 Å². The van der Waals surface area contributed by atoms with E-state index >= 15 is 0 Å². The minimum atomic E-state index is -0.105. The maximum Gasteiger partial charge on any atom is 0.243 e. The van der Waals surface area contributed by atoms with E-state index < -0.39 is 0 Å². The van der Waals surface area contributed by atoms with E-state index in [4.69, 9.17) is 15.9 Å². The minimum absolute atomic E-state index is 0.105. The van der Waals surface area contributed by atoms with Gasteiger partial charge >= 0.3 is 0 Å². The second-order valence-electron chi connectivity index (χ2n) is 4.06. The molecule has 0 atom stereocenters. The molecule has 0 amide bonds. The van der Waals surface area contributed by atoms with Crippen LogP contribution in [0.4, 0.5) is 0 Å². The molecule has 0 spiro atoms. The van der Waals surface area contributed by atoms with E-state index in [0.29, 0.717) is 18.2 Å². The third kappa shape index (κ3) is 2.48. The van der Waals surface area contributed by atoms with Gasteiger partial charge < -0.3 is 10.5 Å². The molecule has 86 valence electrons. The molecule has 1 saturated carbocycles. The highest BCUT2D eigenvalue weighted by molar-refractivity contribution is 5.94. The van der Waals surface area contributed by atoms with Gasteiger partial charge in [-0.3, -0.25) is 5.41 Å². The van der Waals surface area contributed by atoms with Crippen LogP contribution in [0.1, 0.15) is 31.4 Å². The fourth-order valence-electron chi connectivity index (χ4n) is 1.72. The van der Waals surface area contributed by atoms with E-state index in [1.807, 2.05) is 0 Å². The van der Waals surface area contributed by atoms with Crippen LogP contribution >= 0.6 is 0 Å². The summed E-state index contributed by atoms with van der Waals surface area (Å²) in [5.41, 5.74) is 5.71. The van der Waals surface area contributed by atoms with Crippen LogP contribution < -0.4 is 10.5 Å². The number of nitrogens with one attached hydrogen (secondary N) is 1. The third-order valence-corrected chi connectivity index (χ3v) is 2.91. The van der Waals surface area contributed by atoms with Gasteiger partial charge in [0.25, 0.3) is 0 Å². The van der Waals surface area contributed by atoms with Gasteiger partial charge in [-0.1, -0.05) is 19.3 Å². The Hall–Kier alpha value is -1.65. The van der Waals surface area contributed by atoms with Crippen LogP contribution in [-0.2, 0) is 0 Å². The van der Waals surface area contributed by atoms with Gasteiger partial charge in [-0.05, 0) is 12.3 Å². The summed E-state index contributed by atoms with van der Waals surface area (Å²) in [6.07, 6.45) is 8.07. The fourth-order valence-corrected chi connectivity index (χ4v) is 1.72. The second-order valence-corrected chi connectivity index (χ2v) is 4.06. The standard InChI is InChI=1S/C11H16N4O/c12-10(13)9-11(15-6-5-14-9)16-7-4-8-2-1-3-8/h5-6,8H,1-4,7H2,(H3,12,13). The molecule has 1 aromatic heterocycles. The number of aromatic nitrogens is 2. The van der Waals surface area contributed by atoms with E-state index in [2.05, 4.69) is 9.97 Å². The van der Waals surface area contributed by atoms with Crippen molar-refractivity contribution in [2.24, 2.45) is 11.7 Å². The van der Waals surface area contributed by atoms with Gasteiger partial charge in [0, 0.05) is 12.4 Å². The predicted octanol–water partition coefficient (Wildman–Crippen LogP) is 1.33. The van der Waals surface area contributed by atoms with Crippen molar-refractivity contribution >= 4 is 5.84 Å². The zero-order valence-electron chi connectivity index (χ0n) is 9.15. The molecule has 1 heterocycles. The van der Waals surface area contributed by atoms with Crippen LogP contribution in [0, 0.1) is 11.3 Å². The molecule has 0 saturated heterocycles. The molecular formula is C11H16N4O. The molecule has 0 aliphatic heterocycles. The van der Waals surface area contributed by atoms with Crippen molar-refractivity contribution in [3.63, 3.8) is 0 Å². The second kappa shape index (κ2) is 4.92. The first-order valence-electron chi connectivity index (χ1n) is 5.55. The number of hydrogen-bond donors (Lipinski definition) is 2. The van der Waals surface area contributed by atoms with E-state index in [1.54, 1.807) is 6.20 Å². The number of nitrogens with zero attached hydrogens (tertiary/aromatic N) is 2. The fraction of sp³-hybridized carbons (Fsp3) is 0.545. The number of ether oxygens (including phenoxy) is 1. The molecule has 5 nitrogen and oxygen atoms in total. The Kier molecular flexibility index (Phi) is 3.34. The molecule has 3 N–H and O–H groups in total. The summed E-state index contributed by atoms with van der Waals surface area (Å²) >= 11 is 0. The molecule has 2 rings (SSSR count). The molecule has 1 fully saturated rings. The Labute approximate surface area is 94.6 Å². The van der Waals surface area contributed by atoms with Gasteiger partial charge in [-0.25, -0.2) is 9.97 Å². The summed E-state index contributed by atoms with van der Waals surface area (Å²) in [7, 11) is 0. The first-order valence-corrected chi connectivity index (χ1v) is 5.55. The van der Waals surface area contributed by atoms with Crippen molar-refractivity contribution in [3.8, 4) is 5.88 Å². The average Bonchev–Trinajstić information content (AvgIpc) is 2.22. The van der Waals surface area contributed by atoms with Crippen molar-refractivity contribution in [2.75, 3.05) is 6.61 Å². The van der Waals surface area contributed by atoms with Gasteiger partial charge in [0.05, 0.1) is 6.61 Å². The summed E-state index contributed by atoms with van der Waals surface area (Å²) < 4.78 is 5.51. The zero-order chi connectivity index (χ0) is 11.4. The molecule has 1 aliphatic rings. The smallest absolute Gasteiger partial charge is 0.243 e. The lowest BCUT2D eigenvalue weighted by Crippen LogP contribution is -2.18. The van der Waals surface area contributed by atoms with E-state index in [0.717, 1.165) is 12.3 Å². The van der Waals surface area contributed by atoms with Crippen molar-refractivity contribution in [3.05, 3.63) is 18.1 Å². The van der Waals surface area contributed by atoms with Crippen molar-refractivity contribution in [1.82, 2.24) is 9.97 Å². The van der Waals surface area contributed by atoms with Crippen LogP contribution in [-0.4, -0.2) is 22.4 Å². The Bertz CT molecular complexity index is 376. The lowest BCUT2D eigenvalue weighted by molar-refractivity contribution is 0.216. The number of rotatable bonds is 5. The zero-order valence-corrected chi connectivity index (χ0v) is 9.15. The molecule has 0 unspecified atom stereocenters. The van der Waals surface area contributed by atoms with Crippen molar-refractivity contribution in [1.29, 1.82) is 5.41 Å². The topological polar surface area (TPSA) is 84.9 Å². The normalized spacial score (nSPS) is 15.5. The Morgan fingerprint density at radius 3 is 2.81 bits per heavy atom. The largest absolute Gasteiger partial charge is 0.476 e. The minimum Gasteiger partial charge on any atom is -0.476 e. The number of nitrogen functional groups attached to an aromatic ring is 1. The lowest BCUT2D eigenvalue weighted by Gasteiger charge is -2.24. The monoisotopic (exact) mass is 220 g/mol. The van der Waals surface area contributed by atoms with Crippen LogP contribution in [0.15, 0.2) is 12.4 Å². The number of nitrogens with two attached hydrogens (primary N) is 1. The highest BCUT2D eigenvalue weighted by Crippen LogP contribution is 2.29. The Balaban J connectivity index is 1.89. The lowest BCUT2D eigenvalue weighted by atomic mass is 9.83. The third-order valence-electron chi connectivity index (χ3n) is 2.91. The maximum atomic E-state index is 7.34. The van der Waals surface area contributed by atoms with E-state index in [9.17, 15) is 0 Å². The first-order chi connectivity index (χ1) is 7.77. The molecule has 0 aromatic carbocycles. The molecule has 1 aromatic rings. The highest BCUT2D eigenvalue weighted by Gasteiger charge is 2.17. The molecule has 1 aliphatic carbocycles. The number of hydrogen-bond acceptors (Lipinski definition) is 4. The summed E-state index contributed by atoms with van der Waals surface area (Å²) in [4.78, 5) is 8.01. The summed E-state index contributed by atoms with van der Waals surface area (Å²) in [6, 6.07) is 0. The van der Waals surface area contributed by atoms with Crippen LogP contribution in [0.25, 0.3) is 0 Å². The number of amidine groups is 1. The molecule has 16 heavy (non-hydrogen) atoms. The van der Waals surface area contributed by atoms with Crippen LogP contribution in [0.5, 0.6) is 5.88 Å². The summed E-state index contributed by atoms with van der Waals surface area (Å²) in [5, 5.41) is 7.34.